The molecule has 0 saturated heterocycles. The molecular weight excluding hydrogens is 251 g/mol. The summed E-state index contributed by atoms with van der Waals surface area (Å²) in [6, 6.07) is 19.9. The van der Waals surface area contributed by atoms with Crippen LogP contribution in [0.15, 0.2) is 60.7 Å². The molecule has 0 saturated carbocycles. The highest BCUT2D eigenvalue weighted by molar-refractivity contribution is 7.79. The summed E-state index contributed by atoms with van der Waals surface area (Å²) in [5, 5.41) is 1.96. The van der Waals surface area contributed by atoms with Gasteiger partial charge in [0.25, 0.3) is 0 Å². The van der Waals surface area contributed by atoms with Crippen LogP contribution in [0.1, 0.15) is 26.7 Å². The molecule has 0 aliphatic heterocycles. The zero-order valence-corrected chi connectivity index (χ0v) is 12.5. The van der Waals surface area contributed by atoms with Crippen molar-refractivity contribution in [2.75, 3.05) is 0 Å². The van der Waals surface area contributed by atoms with Gasteiger partial charge in [0.1, 0.15) is 7.14 Å². The Labute approximate surface area is 116 Å². The van der Waals surface area contributed by atoms with Crippen molar-refractivity contribution in [3.8, 4) is 0 Å². The van der Waals surface area contributed by atoms with E-state index < -0.39 is 7.14 Å². The second-order valence-electron chi connectivity index (χ2n) is 4.80. The molecule has 2 heteroatoms. The van der Waals surface area contributed by atoms with E-state index in [1.54, 1.807) is 0 Å². The first-order valence-corrected chi connectivity index (χ1v) is 8.72. The summed E-state index contributed by atoms with van der Waals surface area (Å²) in [6.07, 6.45) is 1.88. The van der Waals surface area contributed by atoms with Crippen LogP contribution in [0.2, 0.25) is 0 Å². The van der Waals surface area contributed by atoms with E-state index in [0.29, 0.717) is 0 Å². The third kappa shape index (κ3) is 2.67. The second kappa shape index (κ2) is 6.21. The van der Waals surface area contributed by atoms with E-state index in [4.69, 9.17) is 0 Å². The van der Waals surface area contributed by atoms with Gasteiger partial charge in [-0.15, -0.1) is 0 Å². The average Bonchev–Trinajstić information content (AvgIpc) is 2.50. The number of hydrogen-bond donors (Lipinski definition) is 0. The minimum atomic E-state index is -2.53. The van der Waals surface area contributed by atoms with Gasteiger partial charge in [0.05, 0.1) is 0 Å². The molecule has 1 nitrogen and oxygen atoms in total. The van der Waals surface area contributed by atoms with Crippen molar-refractivity contribution in [1.29, 1.82) is 0 Å². The van der Waals surface area contributed by atoms with Crippen LogP contribution in [0.5, 0.6) is 0 Å². The molecule has 0 N–H and O–H groups in total. The molecule has 2 rings (SSSR count). The van der Waals surface area contributed by atoms with Crippen LogP contribution in [-0.4, -0.2) is 5.66 Å². The van der Waals surface area contributed by atoms with E-state index in [1.165, 1.54) is 0 Å². The van der Waals surface area contributed by atoms with Crippen LogP contribution in [0.25, 0.3) is 0 Å². The summed E-state index contributed by atoms with van der Waals surface area (Å²) in [5.74, 6) is 0. The Morgan fingerprint density at radius 3 is 1.47 bits per heavy atom. The summed E-state index contributed by atoms with van der Waals surface area (Å²) in [4.78, 5) is 0. The average molecular weight is 272 g/mol. The van der Waals surface area contributed by atoms with E-state index >= 15 is 0 Å². The zero-order valence-electron chi connectivity index (χ0n) is 11.6. The fourth-order valence-electron chi connectivity index (χ4n) is 2.67. The van der Waals surface area contributed by atoms with E-state index in [9.17, 15) is 4.57 Å². The molecule has 0 atom stereocenters. The Bertz CT molecular complexity index is 500. The van der Waals surface area contributed by atoms with Crippen LogP contribution in [0.4, 0.5) is 0 Å². The molecule has 0 heterocycles. The third-order valence-corrected chi connectivity index (χ3v) is 7.63. The third-order valence-electron chi connectivity index (χ3n) is 3.74. The smallest absolute Gasteiger partial charge is 0.146 e. The molecule has 0 aliphatic carbocycles. The molecule has 0 aliphatic rings. The van der Waals surface area contributed by atoms with Gasteiger partial charge in [-0.25, -0.2) is 0 Å². The van der Waals surface area contributed by atoms with Crippen molar-refractivity contribution in [2.45, 2.75) is 32.3 Å². The second-order valence-corrected chi connectivity index (χ2v) is 7.88. The van der Waals surface area contributed by atoms with Gasteiger partial charge in [0.15, 0.2) is 0 Å². The first-order chi connectivity index (χ1) is 9.23. The highest BCUT2D eigenvalue weighted by Gasteiger charge is 2.34. The lowest BCUT2D eigenvalue weighted by Crippen LogP contribution is -2.25. The molecule has 2 aromatic rings. The van der Waals surface area contributed by atoms with Crippen LogP contribution < -0.4 is 10.6 Å². The Hall–Kier alpha value is -1.33. The van der Waals surface area contributed by atoms with Crippen molar-refractivity contribution in [1.82, 2.24) is 0 Å². The lowest BCUT2D eigenvalue weighted by molar-refractivity contribution is 0.571. The number of benzene rings is 2. The van der Waals surface area contributed by atoms with Crippen molar-refractivity contribution >= 4 is 17.8 Å². The molecule has 2 aromatic carbocycles. The monoisotopic (exact) mass is 272 g/mol. The maximum Gasteiger partial charge on any atom is 0.146 e. The van der Waals surface area contributed by atoms with Gasteiger partial charge in [-0.3, -0.25) is 0 Å². The lowest BCUT2D eigenvalue weighted by atomic mass is 10.3. The predicted octanol–water partition coefficient (Wildman–Crippen LogP) is 4.19. The van der Waals surface area contributed by atoms with Crippen molar-refractivity contribution in [3.63, 3.8) is 0 Å². The van der Waals surface area contributed by atoms with Gasteiger partial charge in [0, 0.05) is 16.3 Å². The fraction of sp³-hybridized carbons (Fsp3) is 0.294. The van der Waals surface area contributed by atoms with Crippen molar-refractivity contribution in [2.24, 2.45) is 0 Å². The van der Waals surface area contributed by atoms with Gasteiger partial charge < -0.3 is 4.57 Å². The first kappa shape index (κ1) is 14.1. The molecule has 0 radical (unpaired) electrons. The molecule has 0 spiro atoms. The van der Waals surface area contributed by atoms with Crippen LogP contribution in [-0.2, 0) is 4.57 Å². The molecule has 0 fully saturated rings. The quantitative estimate of drug-likeness (QED) is 0.746. The summed E-state index contributed by atoms with van der Waals surface area (Å²) in [6.45, 7) is 4.26. The summed E-state index contributed by atoms with van der Waals surface area (Å²) < 4.78 is 13.8. The van der Waals surface area contributed by atoms with Crippen molar-refractivity contribution in [3.05, 3.63) is 60.7 Å². The number of rotatable bonds is 5. The van der Waals surface area contributed by atoms with Gasteiger partial charge in [0.2, 0.25) is 0 Å². The Kier molecular flexibility index (Phi) is 4.61. The lowest BCUT2D eigenvalue weighted by Gasteiger charge is -2.27. The fourth-order valence-corrected chi connectivity index (χ4v) is 6.07. The summed E-state index contributed by atoms with van der Waals surface area (Å²) >= 11 is 0. The van der Waals surface area contributed by atoms with Crippen molar-refractivity contribution < 1.29 is 4.57 Å². The molecule has 0 unspecified atom stereocenters. The van der Waals surface area contributed by atoms with E-state index in [2.05, 4.69) is 13.8 Å². The minimum absolute atomic E-state index is 0.220. The van der Waals surface area contributed by atoms with Gasteiger partial charge in [-0.1, -0.05) is 74.5 Å². The predicted molar refractivity (Wildman–Crippen MR) is 84.1 cm³/mol. The van der Waals surface area contributed by atoms with Gasteiger partial charge >= 0.3 is 0 Å². The molecule has 0 aromatic heterocycles. The molecule has 100 valence electrons. The van der Waals surface area contributed by atoms with E-state index in [-0.39, 0.29) is 5.66 Å². The first-order valence-electron chi connectivity index (χ1n) is 6.94. The largest absolute Gasteiger partial charge is 0.313 e. The topological polar surface area (TPSA) is 17.1 Å². The summed E-state index contributed by atoms with van der Waals surface area (Å²) in [7, 11) is -2.53. The van der Waals surface area contributed by atoms with E-state index in [0.717, 1.165) is 23.5 Å². The van der Waals surface area contributed by atoms with Crippen LogP contribution in [0, 0.1) is 0 Å². The highest BCUT2D eigenvalue weighted by Crippen LogP contribution is 2.51. The standard InChI is InChI=1S/C17H21OP/c1-3-15(4-2)19(18,16-11-7-5-8-12-16)17-13-9-6-10-14-17/h5-15H,3-4H2,1-2H3. The highest BCUT2D eigenvalue weighted by atomic mass is 31.2. The van der Waals surface area contributed by atoms with Gasteiger partial charge in [-0.2, -0.15) is 0 Å². The van der Waals surface area contributed by atoms with Crippen LogP contribution >= 0.6 is 7.14 Å². The normalized spacial score (nSPS) is 11.7. The Morgan fingerprint density at radius 2 is 1.16 bits per heavy atom. The molecule has 19 heavy (non-hydrogen) atoms. The SMILES string of the molecule is CCC(CC)P(=O)(c1ccccc1)c1ccccc1. The molecule has 0 amide bonds. The maximum absolute atomic E-state index is 13.8. The Morgan fingerprint density at radius 1 is 0.789 bits per heavy atom. The van der Waals surface area contributed by atoms with Crippen LogP contribution in [0.3, 0.4) is 0 Å². The zero-order chi connectivity index (χ0) is 13.7. The number of hydrogen-bond acceptors (Lipinski definition) is 1. The minimum Gasteiger partial charge on any atom is -0.313 e. The maximum atomic E-state index is 13.8. The van der Waals surface area contributed by atoms with Gasteiger partial charge in [-0.05, 0) is 12.8 Å². The molecular formula is C17H21OP. The Balaban J connectivity index is 2.61. The summed E-state index contributed by atoms with van der Waals surface area (Å²) in [5.41, 5.74) is 0.220. The van der Waals surface area contributed by atoms with E-state index in [1.807, 2.05) is 60.7 Å². The molecule has 0 bridgehead atoms.